The number of hydrogen-bond donors (Lipinski definition) is 2. The molecule has 1 aliphatic carbocycles. The Morgan fingerprint density at radius 1 is 1.33 bits per heavy atom. The van der Waals surface area contributed by atoms with E-state index in [1.807, 2.05) is 6.92 Å². The Hall–Kier alpha value is -1.19. The van der Waals surface area contributed by atoms with Crippen molar-refractivity contribution in [1.82, 2.24) is 9.62 Å². The number of morpholine rings is 1. The first-order valence-electron chi connectivity index (χ1n) is 9.19. The van der Waals surface area contributed by atoms with Gasteiger partial charge in [0, 0.05) is 31.2 Å². The van der Waals surface area contributed by atoms with Crippen LogP contribution in [-0.2, 0) is 21.2 Å². The highest BCUT2D eigenvalue weighted by atomic mass is 35.5. The maximum atomic E-state index is 13.1. The highest BCUT2D eigenvalue weighted by molar-refractivity contribution is 7.89. The Balaban J connectivity index is 0.00000261. The van der Waals surface area contributed by atoms with Crippen LogP contribution in [0.2, 0.25) is 0 Å². The molecule has 0 bridgehead atoms. The van der Waals surface area contributed by atoms with Crippen LogP contribution in [0.3, 0.4) is 0 Å². The van der Waals surface area contributed by atoms with Crippen molar-refractivity contribution in [2.75, 3.05) is 32.8 Å². The average Bonchev–Trinajstić information content (AvgIpc) is 3.51. The number of halogens is 1. The van der Waals surface area contributed by atoms with E-state index in [0.29, 0.717) is 56.3 Å². The van der Waals surface area contributed by atoms with Crippen LogP contribution >= 0.6 is 12.4 Å². The molecule has 1 unspecified atom stereocenters. The van der Waals surface area contributed by atoms with Crippen molar-refractivity contribution < 1.29 is 17.9 Å². The quantitative estimate of drug-likeness (QED) is 0.693. The predicted octanol–water partition coefficient (Wildman–Crippen LogP) is 1.16. The molecule has 1 aliphatic heterocycles. The lowest BCUT2D eigenvalue weighted by molar-refractivity contribution is 0.0730. The SMILES string of the molecule is CCc1ccc(C(=O)NC(CN)C2CC2)cc1S(=O)(=O)N1CCOCC1.Cl. The number of rotatable bonds is 7. The number of nitrogens with one attached hydrogen (secondary N) is 1. The van der Waals surface area contributed by atoms with Gasteiger partial charge in [-0.05, 0) is 42.9 Å². The number of hydrogen-bond acceptors (Lipinski definition) is 5. The van der Waals surface area contributed by atoms with Gasteiger partial charge in [0.15, 0.2) is 0 Å². The lowest BCUT2D eigenvalue weighted by Crippen LogP contribution is -2.42. The second-order valence-corrected chi connectivity index (χ2v) is 8.75. The molecule has 0 radical (unpaired) electrons. The number of amides is 1. The number of nitrogens with zero attached hydrogens (tertiary/aromatic N) is 1. The molecule has 2 fully saturated rings. The zero-order valence-electron chi connectivity index (χ0n) is 15.5. The molecular formula is C18H28ClN3O4S. The van der Waals surface area contributed by atoms with Gasteiger partial charge in [-0.3, -0.25) is 4.79 Å². The van der Waals surface area contributed by atoms with E-state index in [-0.39, 0.29) is 29.3 Å². The van der Waals surface area contributed by atoms with Gasteiger partial charge in [0.25, 0.3) is 5.91 Å². The van der Waals surface area contributed by atoms with E-state index in [4.69, 9.17) is 10.5 Å². The van der Waals surface area contributed by atoms with Crippen molar-refractivity contribution in [1.29, 1.82) is 0 Å². The fraction of sp³-hybridized carbons (Fsp3) is 0.611. The smallest absolute Gasteiger partial charge is 0.251 e. The Kier molecular flexibility index (Phi) is 7.64. The summed E-state index contributed by atoms with van der Waals surface area (Å²) in [5.74, 6) is 0.170. The minimum atomic E-state index is -3.65. The first-order valence-corrected chi connectivity index (χ1v) is 10.6. The zero-order valence-corrected chi connectivity index (χ0v) is 17.2. The highest BCUT2D eigenvalue weighted by Gasteiger charge is 2.32. The second-order valence-electron chi connectivity index (χ2n) is 6.85. The molecule has 1 amide bonds. The largest absolute Gasteiger partial charge is 0.379 e. The standard InChI is InChI=1S/C18H27N3O4S.ClH/c1-2-13-3-6-15(18(22)20-16(12-19)14-4-5-14)11-17(13)26(23,24)21-7-9-25-10-8-21;/h3,6,11,14,16H,2,4-5,7-10,12,19H2,1H3,(H,20,22);1H. The van der Waals surface area contributed by atoms with Crippen molar-refractivity contribution >= 4 is 28.3 Å². The van der Waals surface area contributed by atoms with Gasteiger partial charge >= 0.3 is 0 Å². The first-order chi connectivity index (χ1) is 12.5. The molecule has 1 atom stereocenters. The third-order valence-electron chi connectivity index (χ3n) is 5.06. The number of sulfonamides is 1. The molecular weight excluding hydrogens is 390 g/mol. The second kappa shape index (κ2) is 9.34. The van der Waals surface area contributed by atoms with Crippen LogP contribution in [0.25, 0.3) is 0 Å². The maximum Gasteiger partial charge on any atom is 0.251 e. The average molecular weight is 418 g/mol. The Morgan fingerprint density at radius 2 is 2.00 bits per heavy atom. The monoisotopic (exact) mass is 417 g/mol. The van der Waals surface area contributed by atoms with Gasteiger partial charge in [-0.25, -0.2) is 8.42 Å². The van der Waals surface area contributed by atoms with Crippen LogP contribution in [0.1, 0.15) is 35.7 Å². The summed E-state index contributed by atoms with van der Waals surface area (Å²) in [7, 11) is -3.65. The van der Waals surface area contributed by atoms with E-state index in [2.05, 4.69) is 5.32 Å². The van der Waals surface area contributed by atoms with Crippen molar-refractivity contribution in [3.63, 3.8) is 0 Å². The molecule has 3 rings (SSSR count). The third kappa shape index (κ3) is 5.00. The number of nitrogens with two attached hydrogens (primary N) is 1. The van der Waals surface area contributed by atoms with Gasteiger partial charge in [-0.2, -0.15) is 4.31 Å². The summed E-state index contributed by atoms with van der Waals surface area (Å²) in [6, 6.07) is 4.87. The molecule has 1 aromatic carbocycles. The predicted molar refractivity (Wildman–Crippen MR) is 106 cm³/mol. The molecule has 1 aromatic rings. The molecule has 7 nitrogen and oxygen atoms in total. The summed E-state index contributed by atoms with van der Waals surface area (Å²) in [5.41, 5.74) is 6.82. The molecule has 3 N–H and O–H groups in total. The Bertz CT molecular complexity index is 762. The third-order valence-corrected chi connectivity index (χ3v) is 7.04. The summed E-state index contributed by atoms with van der Waals surface area (Å²) in [5, 5.41) is 2.95. The van der Waals surface area contributed by atoms with E-state index >= 15 is 0 Å². The lowest BCUT2D eigenvalue weighted by atomic mass is 10.1. The van der Waals surface area contributed by atoms with E-state index in [0.717, 1.165) is 12.8 Å². The molecule has 9 heteroatoms. The zero-order chi connectivity index (χ0) is 18.7. The van der Waals surface area contributed by atoms with Gasteiger partial charge in [0.05, 0.1) is 18.1 Å². The fourth-order valence-electron chi connectivity index (χ4n) is 3.27. The molecule has 152 valence electrons. The van der Waals surface area contributed by atoms with E-state index in [9.17, 15) is 13.2 Å². The Labute approximate surface area is 167 Å². The fourth-order valence-corrected chi connectivity index (χ4v) is 5.00. The maximum absolute atomic E-state index is 13.1. The van der Waals surface area contributed by atoms with E-state index in [1.54, 1.807) is 12.1 Å². The van der Waals surface area contributed by atoms with Crippen LogP contribution in [0.15, 0.2) is 23.1 Å². The number of aryl methyl sites for hydroxylation is 1. The molecule has 2 aliphatic rings. The highest BCUT2D eigenvalue weighted by Crippen LogP contribution is 2.32. The van der Waals surface area contributed by atoms with Gasteiger partial charge in [-0.15, -0.1) is 12.4 Å². The normalized spacial score (nSPS) is 19.2. The topological polar surface area (TPSA) is 102 Å². The lowest BCUT2D eigenvalue weighted by Gasteiger charge is -2.27. The summed E-state index contributed by atoms with van der Waals surface area (Å²) >= 11 is 0. The number of carbonyl (C=O) groups is 1. The minimum absolute atomic E-state index is 0. The number of benzene rings is 1. The van der Waals surface area contributed by atoms with Crippen LogP contribution in [0, 0.1) is 5.92 Å². The summed E-state index contributed by atoms with van der Waals surface area (Å²) in [6.45, 7) is 3.74. The van der Waals surface area contributed by atoms with E-state index < -0.39 is 10.0 Å². The van der Waals surface area contributed by atoms with Gasteiger partial charge in [-0.1, -0.05) is 13.0 Å². The molecule has 27 heavy (non-hydrogen) atoms. The summed E-state index contributed by atoms with van der Waals surface area (Å²) < 4.78 is 32.8. The van der Waals surface area contributed by atoms with Gasteiger partial charge < -0.3 is 15.8 Å². The van der Waals surface area contributed by atoms with Crippen molar-refractivity contribution in [3.8, 4) is 0 Å². The van der Waals surface area contributed by atoms with Crippen LogP contribution in [0.4, 0.5) is 0 Å². The first kappa shape index (κ1) is 22.1. The van der Waals surface area contributed by atoms with Gasteiger partial charge in [0.2, 0.25) is 10.0 Å². The minimum Gasteiger partial charge on any atom is -0.379 e. The van der Waals surface area contributed by atoms with E-state index in [1.165, 1.54) is 10.4 Å². The molecule has 0 aromatic heterocycles. The summed E-state index contributed by atoms with van der Waals surface area (Å²) in [4.78, 5) is 12.8. The van der Waals surface area contributed by atoms with Crippen molar-refractivity contribution in [3.05, 3.63) is 29.3 Å². The molecule has 1 heterocycles. The van der Waals surface area contributed by atoms with Crippen molar-refractivity contribution in [2.45, 2.75) is 37.1 Å². The number of carbonyl (C=O) groups excluding carboxylic acids is 1. The van der Waals surface area contributed by atoms with Gasteiger partial charge in [0.1, 0.15) is 0 Å². The summed E-state index contributed by atoms with van der Waals surface area (Å²) in [6.07, 6.45) is 2.73. The number of ether oxygens (including phenoxy) is 1. The molecule has 1 saturated carbocycles. The Morgan fingerprint density at radius 3 is 2.56 bits per heavy atom. The van der Waals surface area contributed by atoms with Crippen molar-refractivity contribution in [2.24, 2.45) is 11.7 Å². The molecule has 1 saturated heterocycles. The van der Waals surface area contributed by atoms with Crippen LogP contribution in [0.5, 0.6) is 0 Å². The molecule has 0 spiro atoms. The van der Waals surface area contributed by atoms with Crippen LogP contribution in [-0.4, -0.2) is 57.5 Å². The van der Waals surface area contributed by atoms with Crippen LogP contribution < -0.4 is 11.1 Å².